The number of nitrogen functional groups attached to an aromatic ring is 1. The summed E-state index contributed by atoms with van der Waals surface area (Å²) in [5, 5.41) is 7.85. The van der Waals surface area contributed by atoms with Crippen molar-refractivity contribution in [2.45, 2.75) is 26.7 Å². The van der Waals surface area contributed by atoms with E-state index in [9.17, 15) is 0 Å². The van der Waals surface area contributed by atoms with Crippen molar-refractivity contribution in [3.05, 3.63) is 33.9 Å². The van der Waals surface area contributed by atoms with Gasteiger partial charge in [0.25, 0.3) is 0 Å². The molecule has 1 aromatic carbocycles. The maximum Gasteiger partial charge on any atom is 0.152 e. The van der Waals surface area contributed by atoms with E-state index < -0.39 is 0 Å². The highest BCUT2D eigenvalue weighted by molar-refractivity contribution is 9.10. The number of rotatable bonds is 3. The molecule has 0 aliphatic heterocycles. The van der Waals surface area contributed by atoms with Gasteiger partial charge in [0.05, 0.1) is 11.4 Å². The zero-order chi connectivity index (χ0) is 14.2. The summed E-state index contributed by atoms with van der Waals surface area (Å²) >= 11 is 3.53. The lowest BCUT2D eigenvalue weighted by Gasteiger charge is -2.11. The van der Waals surface area contributed by atoms with Gasteiger partial charge in [-0.05, 0) is 30.5 Å². The third-order valence-corrected chi connectivity index (χ3v) is 4.04. The average Bonchev–Trinajstić information content (AvgIpc) is 2.63. The second-order valence-electron chi connectivity index (χ2n) is 4.96. The van der Waals surface area contributed by atoms with E-state index in [0.717, 1.165) is 32.9 Å². The van der Waals surface area contributed by atoms with Crippen molar-refractivity contribution in [1.82, 2.24) is 9.78 Å². The normalized spacial score (nSPS) is 11.1. The molecule has 0 unspecified atom stereocenters. The van der Waals surface area contributed by atoms with Crippen LogP contribution in [0.25, 0.3) is 0 Å². The molecule has 0 atom stereocenters. The summed E-state index contributed by atoms with van der Waals surface area (Å²) in [6, 6.07) is 6.05. The SMILES string of the molecule is Cc1c(Br)cccc1Nc1c(N)c(C(C)C)nn1C. The monoisotopic (exact) mass is 322 g/mol. The van der Waals surface area contributed by atoms with Gasteiger partial charge in [0.1, 0.15) is 0 Å². The zero-order valence-corrected chi connectivity index (χ0v) is 13.2. The molecule has 4 nitrogen and oxygen atoms in total. The van der Waals surface area contributed by atoms with Gasteiger partial charge in [0.15, 0.2) is 5.82 Å². The van der Waals surface area contributed by atoms with Crippen LogP contribution >= 0.6 is 15.9 Å². The molecule has 0 aliphatic carbocycles. The fraction of sp³-hybridized carbons (Fsp3) is 0.357. The molecule has 19 heavy (non-hydrogen) atoms. The molecule has 0 spiro atoms. The van der Waals surface area contributed by atoms with Crippen LogP contribution in [-0.2, 0) is 7.05 Å². The van der Waals surface area contributed by atoms with E-state index in [0.29, 0.717) is 5.92 Å². The minimum atomic E-state index is 0.311. The Balaban J connectivity index is 2.41. The van der Waals surface area contributed by atoms with E-state index in [1.54, 1.807) is 4.68 Å². The van der Waals surface area contributed by atoms with Crippen molar-refractivity contribution in [3.8, 4) is 0 Å². The van der Waals surface area contributed by atoms with Gasteiger partial charge in [0.2, 0.25) is 0 Å². The van der Waals surface area contributed by atoms with Gasteiger partial charge >= 0.3 is 0 Å². The van der Waals surface area contributed by atoms with Crippen molar-refractivity contribution in [1.29, 1.82) is 0 Å². The summed E-state index contributed by atoms with van der Waals surface area (Å²) in [5.74, 6) is 1.15. The molecular formula is C14H19BrN4. The number of benzene rings is 1. The molecule has 2 aromatic rings. The Hall–Kier alpha value is -1.49. The van der Waals surface area contributed by atoms with Gasteiger partial charge in [0, 0.05) is 17.2 Å². The lowest BCUT2D eigenvalue weighted by molar-refractivity contribution is 0.718. The largest absolute Gasteiger partial charge is 0.394 e. The summed E-state index contributed by atoms with van der Waals surface area (Å²) in [6.45, 7) is 6.24. The van der Waals surface area contributed by atoms with Crippen LogP contribution in [0, 0.1) is 6.92 Å². The first kappa shape index (κ1) is 13.9. The first-order chi connectivity index (χ1) is 8.91. The maximum atomic E-state index is 6.18. The topological polar surface area (TPSA) is 55.9 Å². The number of aryl methyl sites for hydroxylation is 1. The van der Waals surface area contributed by atoms with Crippen LogP contribution in [0.4, 0.5) is 17.2 Å². The van der Waals surface area contributed by atoms with Crippen LogP contribution in [0.1, 0.15) is 31.0 Å². The molecule has 0 radical (unpaired) electrons. The van der Waals surface area contributed by atoms with E-state index in [-0.39, 0.29) is 0 Å². The molecule has 0 bridgehead atoms. The zero-order valence-electron chi connectivity index (χ0n) is 11.7. The van der Waals surface area contributed by atoms with Crippen LogP contribution in [-0.4, -0.2) is 9.78 Å². The molecule has 0 fully saturated rings. The lowest BCUT2D eigenvalue weighted by atomic mass is 10.1. The van der Waals surface area contributed by atoms with Gasteiger partial charge in [-0.25, -0.2) is 0 Å². The Bertz CT molecular complexity index is 602. The Morgan fingerprint density at radius 3 is 2.63 bits per heavy atom. The number of anilines is 3. The molecule has 1 aromatic heterocycles. The number of aromatic nitrogens is 2. The van der Waals surface area contributed by atoms with Crippen molar-refractivity contribution in [3.63, 3.8) is 0 Å². The second kappa shape index (κ2) is 5.25. The van der Waals surface area contributed by atoms with Gasteiger partial charge in [-0.3, -0.25) is 4.68 Å². The molecule has 0 saturated heterocycles. The summed E-state index contributed by atoms with van der Waals surface area (Å²) < 4.78 is 2.87. The second-order valence-corrected chi connectivity index (χ2v) is 5.82. The summed E-state index contributed by atoms with van der Waals surface area (Å²) in [7, 11) is 1.90. The molecule has 1 heterocycles. The number of nitrogens with two attached hydrogens (primary N) is 1. The molecule has 102 valence electrons. The highest BCUT2D eigenvalue weighted by Gasteiger charge is 2.16. The Morgan fingerprint density at radius 2 is 2.05 bits per heavy atom. The van der Waals surface area contributed by atoms with Crippen LogP contribution in [0.2, 0.25) is 0 Å². The maximum absolute atomic E-state index is 6.18. The Kier molecular flexibility index (Phi) is 3.85. The van der Waals surface area contributed by atoms with E-state index in [1.807, 2.05) is 25.2 Å². The third kappa shape index (κ3) is 2.61. The molecule has 3 N–H and O–H groups in total. The number of hydrogen-bond donors (Lipinski definition) is 2. The molecule has 0 amide bonds. The first-order valence-electron chi connectivity index (χ1n) is 6.26. The van der Waals surface area contributed by atoms with Crippen LogP contribution in [0.5, 0.6) is 0 Å². The smallest absolute Gasteiger partial charge is 0.152 e. The predicted octanol–water partition coefficient (Wildman–Crippen LogP) is 3.94. The Labute approximate surface area is 122 Å². The highest BCUT2D eigenvalue weighted by Crippen LogP contribution is 2.32. The van der Waals surface area contributed by atoms with Gasteiger partial charge in [-0.1, -0.05) is 35.8 Å². The van der Waals surface area contributed by atoms with Gasteiger partial charge in [-0.2, -0.15) is 5.10 Å². The first-order valence-corrected chi connectivity index (χ1v) is 7.05. The number of nitrogens with zero attached hydrogens (tertiary/aromatic N) is 2. The highest BCUT2D eigenvalue weighted by atomic mass is 79.9. The van der Waals surface area contributed by atoms with E-state index in [4.69, 9.17) is 5.73 Å². The van der Waals surface area contributed by atoms with Crippen LogP contribution < -0.4 is 11.1 Å². The number of nitrogens with one attached hydrogen (secondary N) is 1. The third-order valence-electron chi connectivity index (χ3n) is 3.18. The summed E-state index contributed by atoms with van der Waals surface area (Å²) in [5.41, 5.74) is 10.0. The predicted molar refractivity (Wildman–Crippen MR) is 83.9 cm³/mol. The van der Waals surface area contributed by atoms with Crippen LogP contribution in [0.15, 0.2) is 22.7 Å². The molecule has 0 aliphatic rings. The Morgan fingerprint density at radius 1 is 1.37 bits per heavy atom. The average molecular weight is 323 g/mol. The fourth-order valence-electron chi connectivity index (χ4n) is 2.01. The molecular weight excluding hydrogens is 304 g/mol. The summed E-state index contributed by atoms with van der Waals surface area (Å²) in [6.07, 6.45) is 0. The van der Waals surface area contributed by atoms with Crippen LogP contribution in [0.3, 0.4) is 0 Å². The number of hydrogen-bond acceptors (Lipinski definition) is 3. The van der Waals surface area contributed by atoms with Crippen molar-refractivity contribution in [2.75, 3.05) is 11.1 Å². The van der Waals surface area contributed by atoms with E-state index >= 15 is 0 Å². The van der Waals surface area contributed by atoms with E-state index in [1.165, 1.54) is 0 Å². The summed E-state index contributed by atoms with van der Waals surface area (Å²) in [4.78, 5) is 0. The quantitative estimate of drug-likeness (QED) is 0.899. The standard InChI is InChI=1S/C14H19BrN4/c1-8(2)13-12(16)14(19(4)18-13)17-11-7-5-6-10(15)9(11)3/h5-8,17H,16H2,1-4H3. The molecule has 0 saturated carbocycles. The van der Waals surface area contributed by atoms with E-state index in [2.05, 4.69) is 47.1 Å². The van der Waals surface area contributed by atoms with Crippen molar-refractivity contribution < 1.29 is 0 Å². The lowest BCUT2D eigenvalue weighted by Crippen LogP contribution is -2.02. The number of halogens is 1. The molecule has 2 rings (SSSR count). The fourth-order valence-corrected chi connectivity index (χ4v) is 2.37. The minimum Gasteiger partial charge on any atom is -0.394 e. The van der Waals surface area contributed by atoms with Gasteiger partial charge in [-0.15, -0.1) is 0 Å². The van der Waals surface area contributed by atoms with Gasteiger partial charge < -0.3 is 11.1 Å². The van der Waals surface area contributed by atoms with Crippen molar-refractivity contribution in [2.24, 2.45) is 7.05 Å². The molecule has 5 heteroatoms. The minimum absolute atomic E-state index is 0.311. The van der Waals surface area contributed by atoms with Crippen molar-refractivity contribution >= 4 is 33.1 Å².